The van der Waals surface area contributed by atoms with Gasteiger partial charge in [-0.15, -0.1) is 0 Å². The summed E-state index contributed by atoms with van der Waals surface area (Å²) in [7, 11) is 0. The van der Waals surface area contributed by atoms with Gasteiger partial charge in [-0.3, -0.25) is 0 Å². The van der Waals surface area contributed by atoms with Crippen molar-refractivity contribution in [3.05, 3.63) is 28.2 Å². The van der Waals surface area contributed by atoms with Gasteiger partial charge in [0, 0.05) is 22.9 Å². The van der Waals surface area contributed by atoms with Crippen molar-refractivity contribution in [1.82, 2.24) is 0 Å². The minimum atomic E-state index is 0.825. The Labute approximate surface area is 127 Å². The Morgan fingerprint density at radius 3 is 2.44 bits per heavy atom. The molecule has 0 aromatic heterocycles. The number of piperidine rings is 1. The van der Waals surface area contributed by atoms with Crippen LogP contribution in [0.2, 0.25) is 0 Å². The third-order valence-corrected chi connectivity index (χ3v) is 5.27. The van der Waals surface area contributed by atoms with Crippen LogP contribution in [0.5, 0.6) is 0 Å². The summed E-state index contributed by atoms with van der Waals surface area (Å²) in [6, 6.07) is 6.68. The zero-order valence-corrected chi connectivity index (χ0v) is 14.3. The van der Waals surface area contributed by atoms with Crippen molar-refractivity contribution < 1.29 is 0 Å². The summed E-state index contributed by atoms with van der Waals surface area (Å²) in [5, 5.41) is 0.918. The van der Waals surface area contributed by atoms with Gasteiger partial charge in [0.15, 0.2) is 0 Å². The second kappa shape index (κ2) is 6.42. The zero-order chi connectivity index (χ0) is 13.1. The minimum absolute atomic E-state index is 0.825. The molecule has 1 aliphatic heterocycles. The van der Waals surface area contributed by atoms with Crippen LogP contribution in [0.25, 0.3) is 0 Å². The number of benzene rings is 1. The predicted octanol–water partition coefficient (Wildman–Crippen LogP) is 5.22. The number of nitrogens with zero attached hydrogens (tertiary/aromatic N) is 1. The molecule has 1 saturated heterocycles. The van der Waals surface area contributed by atoms with Gasteiger partial charge < -0.3 is 4.90 Å². The first-order chi connectivity index (χ1) is 8.61. The molecule has 0 atom stereocenters. The largest absolute Gasteiger partial charge is 0.371 e. The molecule has 0 aliphatic carbocycles. The summed E-state index contributed by atoms with van der Waals surface area (Å²) in [6.07, 6.45) is 2.65. The molecule has 0 saturated carbocycles. The van der Waals surface area contributed by atoms with Crippen molar-refractivity contribution in [3.63, 3.8) is 0 Å². The normalized spacial score (nSPS) is 17.5. The summed E-state index contributed by atoms with van der Waals surface area (Å²) < 4.78 is 1.22. The molecule has 0 spiro atoms. The molecule has 0 N–H and O–H groups in total. The van der Waals surface area contributed by atoms with E-state index in [1.165, 1.54) is 41.7 Å². The molecule has 1 heterocycles. The van der Waals surface area contributed by atoms with Gasteiger partial charge in [-0.2, -0.15) is 0 Å². The van der Waals surface area contributed by atoms with E-state index in [2.05, 4.69) is 68.8 Å². The molecule has 3 heteroatoms. The van der Waals surface area contributed by atoms with E-state index in [0.717, 1.165) is 17.2 Å². The lowest BCUT2D eigenvalue weighted by Gasteiger charge is -2.35. The Balaban J connectivity index is 2.05. The molecule has 0 amide bonds. The van der Waals surface area contributed by atoms with E-state index in [9.17, 15) is 0 Å². The van der Waals surface area contributed by atoms with E-state index in [0.29, 0.717) is 0 Å². The molecule has 1 aliphatic rings. The summed E-state index contributed by atoms with van der Waals surface area (Å²) in [4.78, 5) is 2.51. The monoisotopic (exact) mass is 373 g/mol. The van der Waals surface area contributed by atoms with Crippen LogP contribution in [0.15, 0.2) is 22.7 Å². The number of hydrogen-bond acceptors (Lipinski definition) is 1. The molecule has 0 unspecified atom stereocenters. The average Bonchev–Trinajstić information content (AvgIpc) is 2.38. The fraction of sp³-hybridized carbons (Fsp3) is 0.600. The SMILES string of the molecule is CC(C)C1CCN(c2ccc(CBr)cc2Br)CC1. The van der Waals surface area contributed by atoms with Gasteiger partial charge in [-0.05, 0) is 58.3 Å². The third kappa shape index (κ3) is 3.30. The van der Waals surface area contributed by atoms with Crippen LogP contribution >= 0.6 is 31.9 Å². The summed E-state index contributed by atoms with van der Waals surface area (Å²) >= 11 is 7.21. The number of halogens is 2. The van der Waals surface area contributed by atoms with Crippen LogP contribution in [-0.2, 0) is 5.33 Å². The lowest BCUT2D eigenvalue weighted by Crippen LogP contribution is -2.35. The molecule has 2 rings (SSSR count). The lowest BCUT2D eigenvalue weighted by atomic mass is 9.86. The van der Waals surface area contributed by atoms with E-state index in [1.54, 1.807) is 0 Å². The van der Waals surface area contributed by atoms with Crippen molar-refractivity contribution in [2.45, 2.75) is 32.0 Å². The van der Waals surface area contributed by atoms with E-state index in [4.69, 9.17) is 0 Å². The first kappa shape index (κ1) is 14.4. The molecule has 1 fully saturated rings. The highest BCUT2D eigenvalue weighted by atomic mass is 79.9. The molecule has 18 heavy (non-hydrogen) atoms. The van der Waals surface area contributed by atoms with Crippen molar-refractivity contribution >= 4 is 37.5 Å². The van der Waals surface area contributed by atoms with Crippen LogP contribution < -0.4 is 4.90 Å². The Morgan fingerprint density at radius 2 is 1.94 bits per heavy atom. The predicted molar refractivity (Wildman–Crippen MR) is 86.5 cm³/mol. The maximum atomic E-state index is 3.71. The lowest BCUT2D eigenvalue weighted by molar-refractivity contribution is 0.311. The van der Waals surface area contributed by atoms with Gasteiger partial charge in [0.1, 0.15) is 0 Å². The average molecular weight is 375 g/mol. The Bertz CT molecular complexity index is 395. The smallest absolute Gasteiger partial charge is 0.0510 e. The minimum Gasteiger partial charge on any atom is -0.371 e. The number of alkyl halides is 1. The van der Waals surface area contributed by atoms with Crippen LogP contribution in [0.4, 0.5) is 5.69 Å². The molecule has 0 bridgehead atoms. The van der Waals surface area contributed by atoms with E-state index in [-0.39, 0.29) is 0 Å². The van der Waals surface area contributed by atoms with Crippen LogP contribution in [0, 0.1) is 11.8 Å². The standard InChI is InChI=1S/C15H21Br2N/c1-11(2)13-5-7-18(8-6-13)15-4-3-12(10-16)9-14(15)17/h3-4,9,11,13H,5-8,10H2,1-2H3. The van der Waals surface area contributed by atoms with Crippen LogP contribution in [-0.4, -0.2) is 13.1 Å². The molecule has 0 radical (unpaired) electrons. The van der Waals surface area contributed by atoms with Gasteiger partial charge in [-0.25, -0.2) is 0 Å². The summed E-state index contributed by atoms with van der Waals surface area (Å²) in [5.41, 5.74) is 2.67. The first-order valence-electron chi connectivity index (χ1n) is 6.71. The quantitative estimate of drug-likeness (QED) is 0.656. The first-order valence-corrected chi connectivity index (χ1v) is 8.62. The van der Waals surface area contributed by atoms with Gasteiger partial charge in [0.05, 0.1) is 5.69 Å². The Morgan fingerprint density at radius 1 is 1.28 bits per heavy atom. The number of rotatable bonds is 3. The Hall–Kier alpha value is -0.0200. The van der Waals surface area contributed by atoms with Crippen LogP contribution in [0.3, 0.4) is 0 Å². The highest BCUT2D eigenvalue weighted by Crippen LogP contribution is 2.33. The molecule has 1 aromatic carbocycles. The van der Waals surface area contributed by atoms with E-state index in [1.807, 2.05) is 0 Å². The number of hydrogen-bond donors (Lipinski definition) is 0. The van der Waals surface area contributed by atoms with Crippen molar-refractivity contribution in [2.24, 2.45) is 11.8 Å². The van der Waals surface area contributed by atoms with Gasteiger partial charge in [-0.1, -0.05) is 35.8 Å². The highest BCUT2D eigenvalue weighted by Gasteiger charge is 2.22. The second-order valence-corrected chi connectivity index (χ2v) is 6.90. The third-order valence-electron chi connectivity index (χ3n) is 3.99. The maximum Gasteiger partial charge on any atom is 0.0510 e. The van der Waals surface area contributed by atoms with Gasteiger partial charge in [0.2, 0.25) is 0 Å². The van der Waals surface area contributed by atoms with E-state index >= 15 is 0 Å². The zero-order valence-electron chi connectivity index (χ0n) is 11.1. The highest BCUT2D eigenvalue weighted by molar-refractivity contribution is 9.10. The van der Waals surface area contributed by atoms with Gasteiger partial charge in [0.25, 0.3) is 0 Å². The van der Waals surface area contributed by atoms with Crippen molar-refractivity contribution in [1.29, 1.82) is 0 Å². The molecular weight excluding hydrogens is 354 g/mol. The molecule has 1 aromatic rings. The molecule has 100 valence electrons. The van der Waals surface area contributed by atoms with Crippen molar-refractivity contribution in [3.8, 4) is 0 Å². The molecular formula is C15H21Br2N. The van der Waals surface area contributed by atoms with Crippen molar-refractivity contribution in [2.75, 3.05) is 18.0 Å². The fourth-order valence-electron chi connectivity index (χ4n) is 2.70. The fourth-order valence-corrected chi connectivity index (χ4v) is 3.72. The van der Waals surface area contributed by atoms with E-state index < -0.39 is 0 Å². The maximum absolute atomic E-state index is 3.71. The molecule has 1 nitrogen and oxygen atoms in total. The van der Waals surface area contributed by atoms with Crippen LogP contribution in [0.1, 0.15) is 32.3 Å². The summed E-state index contributed by atoms with van der Waals surface area (Å²) in [5.74, 6) is 1.73. The number of anilines is 1. The Kier molecular flexibility index (Phi) is 5.14. The topological polar surface area (TPSA) is 3.24 Å². The van der Waals surface area contributed by atoms with Gasteiger partial charge >= 0.3 is 0 Å². The second-order valence-electron chi connectivity index (χ2n) is 5.49. The summed E-state index contributed by atoms with van der Waals surface area (Å²) in [6.45, 7) is 7.08.